The highest BCUT2D eigenvalue weighted by atomic mass is 28.4. The van der Waals surface area contributed by atoms with Gasteiger partial charge in [0, 0.05) is 0 Å². The standard InChI is InChI=1S/C6H18OSi2.C2H6.CH4/c1-6-9(4,5)7-8(2)3;1-2;/h8H,6H2,1-5H3;1-2H3;1H4. The average molecular weight is 208 g/mol. The third-order valence-electron chi connectivity index (χ3n) is 1.41. The van der Waals surface area contributed by atoms with Crippen molar-refractivity contribution in [1.82, 2.24) is 0 Å². The predicted molar refractivity (Wildman–Crippen MR) is 66.0 cm³/mol. The molecule has 3 heteroatoms. The van der Waals surface area contributed by atoms with Gasteiger partial charge in [0.1, 0.15) is 0 Å². The monoisotopic (exact) mass is 208 g/mol. The lowest BCUT2D eigenvalue weighted by Crippen LogP contribution is -2.34. The molecule has 0 N–H and O–H groups in total. The van der Waals surface area contributed by atoms with Gasteiger partial charge in [0.2, 0.25) is 0 Å². The van der Waals surface area contributed by atoms with Crippen molar-refractivity contribution in [3.63, 3.8) is 0 Å². The van der Waals surface area contributed by atoms with Gasteiger partial charge in [0.25, 0.3) is 0 Å². The van der Waals surface area contributed by atoms with E-state index in [-0.39, 0.29) is 7.43 Å². The van der Waals surface area contributed by atoms with Crippen LogP contribution < -0.4 is 0 Å². The number of rotatable bonds is 3. The Hall–Kier alpha value is 0.394. The Balaban J connectivity index is -0.000000249. The molecule has 0 amide bonds. The fourth-order valence-electron chi connectivity index (χ4n) is 0.721. The maximum absolute atomic E-state index is 5.86. The Morgan fingerprint density at radius 3 is 1.58 bits per heavy atom. The average Bonchev–Trinajstić information content (AvgIpc) is 1.90. The van der Waals surface area contributed by atoms with Crippen LogP contribution in [0.15, 0.2) is 0 Å². The van der Waals surface area contributed by atoms with E-state index in [2.05, 4.69) is 33.1 Å². The van der Waals surface area contributed by atoms with E-state index in [0.29, 0.717) is 0 Å². The lowest BCUT2D eigenvalue weighted by molar-refractivity contribution is 0.573. The Bertz CT molecular complexity index is 82.6. The number of hydrogen-bond donors (Lipinski definition) is 0. The molecule has 12 heavy (non-hydrogen) atoms. The molecule has 1 nitrogen and oxygen atoms in total. The molecule has 0 saturated heterocycles. The van der Waals surface area contributed by atoms with Crippen molar-refractivity contribution in [3.8, 4) is 0 Å². The minimum Gasteiger partial charge on any atom is -0.458 e. The van der Waals surface area contributed by atoms with Crippen LogP contribution in [0.5, 0.6) is 0 Å². The second-order valence-corrected chi connectivity index (χ2v) is 10.5. The van der Waals surface area contributed by atoms with Gasteiger partial charge < -0.3 is 4.12 Å². The first-order valence-corrected chi connectivity index (χ1v) is 10.6. The minimum absolute atomic E-state index is 0. The van der Waals surface area contributed by atoms with Crippen molar-refractivity contribution in [2.75, 3.05) is 0 Å². The first-order chi connectivity index (χ1) is 4.98. The van der Waals surface area contributed by atoms with Gasteiger partial charge in [0.05, 0.1) is 0 Å². The van der Waals surface area contributed by atoms with Gasteiger partial charge in [-0.05, 0) is 32.2 Å². The SMILES string of the molecule is C.CC.CC[Si](C)(C)O[SiH](C)C. The zero-order valence-corrected chi connectivity index (χ0v) is 11.3. The van der Waals surface area contributed by atoms with Crippen LogP contribution >= 0.6 is 0 Å². The molecule has 0 spiro atoms. The molecule has 0 atom stereocenters. The Kier molecular flexibility index (Phi) is 14.4. The van der Waals surface area contributed by atoms with Crippen molar-refractivity contribution >= 4 is 17.4 Å². The van der Waals surface area contributed by atoms with E-state index in [0.717, 1.165) is 0 Å². The third kappa shape index (κ3) is 13.0. The van der Waals surface area contributed by atoms with Crippen LogP contribution in [0.4, 0.5) is 0 Å². The maximum atomic E-state index is 5.86. The van der Waals surface area contributed by atoms with E-state index in [1.807, 2.05) is 13.8 Å². The van der Waals surface area contributed by atoms with Crippen LogP contribution in [-0.4, -0.2) is 17.4 Å². The quantitative estimate of drug-likeness (QED) is 0.640. The summed E-state index contributed by atoms with van der Waals surface area (Å²) >= 11 is 0. The highest BCUT2D eigenvalue weighted by molar-refractivity contribution is 6.77. The molecule has 0 aromatic heterocycles. The lowest BCUT2D eigenvalue weighted by atomic mass is 11.0. The zero-order valence-electron chi connectivity index (χ0n) is 9.19. The van der Waals surface area contributed by atoms with Crippen LogP contribution in [0, 0.1) is 0 Å². The van der Waals surface area contributed by atoms with E-state index in [1.54, 1.807) is 0 Å². The third-order valence-corrected chi connectivity index (χ3v) is 7.55. The molecule has 78 valence electrons. The first kappa shape index (κ1) is 18.2. The van der Waals surface area contributed by atoms with Crippen LogP contribution in [0.25, 0.3) is 0 Å². The molecule has 0 bridgehead atoms. The summed E-state index contributed by atoms with van der Waals surface area (Å²) in [5.41, 5.74) is 0. The fraction of sp³-hybridized carbons (Fsp3) is 1.00. The van der Waals surface area contributed by atoms with E-state index in [9.17, 15) is 0 Å². The Morgan fingerprint density at radius 1 is 1.17 bits per heavy atom. The molecule has 0 aromatic rings. The maximum Gasteiger partial charge on any atom is 0.172 e. The van der Waals surface area contributed by atoms with Crippen molar-refractivity contribution in [3.05, 3.63) is 0 Å². The van der Waals surface area contributed by atoms with Crippen molar-refractivity contribution < 1.29 is 4.12 Å². The molecular weight excluding hydrogens is 180 g/mol. The molecule has 0 aliphatic heterocycles. The van der Waals surface area contributed by atoms with Crippen molar-refractivity contribution in [2.24, 2.45) is 0 Å². The second kappa shape index (κ2) is 9.48. The summed E-state index contributed by atoms with van der Waals surface area (Å²) in [6.07, 6.45) is 0. The van der Waals surface area contributed by atoms with Crippen LogP contribution in [0.1, 0.15) is 28.2 Å². The normalized spacial score (nSPS) is 10.0. The van der Waals surface area contributed by atoms with Gasteiger partial charge in [0.15, 0.2) is 17.4 Å². The Morgan fingerprint density at radius 2 is 1.50 bits per heavy atom. The van der Waals surface area contributed by atoms with Gasteiger partial charge in [-0.25, -0.2) is 0 Å². The summed E-state index contributed by atoms with van der Waals surface area (Å²) < 4.78 is 5.86. The molecule has 0 rings (SSSR count). The Labute approximate surface area is 82.4 Å². The summed E-state index contributed by atoms with van der Waals surface area (Å²) in [6.45, 7) is 15.3. The molecule has 0 aliphatic carbocycles. The van der Waals surface area contributed by atoms with E-state index in [1.165, 1.54) is 6.04 Å². The van der Waals surface area contributed by atoms with Gasteiger partial charge in [-0.2, -0.15) is 0 Å². The molecule has 0 heterocycles. The molecule has 0 unspecified atom stereocenters. The zero-order chi connectivity index (χ0) is 9.49. The molecule has 0 aliphatic rings. The van der Waals surface area contributed by atoms with Gasteiger partial charge in [-0.3, -0.25) is 0 Å². The van der Waals surface area contributed by atoms with Gasteiger partial charge in [-0.15, -0.1) is 0 Å². The van der Waals surface area contributed by atoms with E-state index >= 15 is 0 Å². The summed E-state index contributed by atoms with van der Waals surface area (Å²) in [7, 11) is -1.93. The highest BCUT2D eigenvalue weighted by Crippen LogP contribution is 2.10. The van der Waals surface area contributed by atoms with Crippen LogP contribution in [0.2, 0.25) is 32.2 Å². The van der Waals surface area contributed by atoms with Gasteiger partial charge >= 0.3 is 0 Å². The first-order valence-electron chi connectivity index (χ1n) is 4.66. The van der Waals surface area contributed by atoms with Crippen molar-refractivity contribution in [2.45, 2.75) is 60.4 Å². The fourth-order valence-corrected chi connectivity index (χ4v) is 6.49. The summed E-state index contributed by atoms with van der Waals surface area (Å²) in [5.74, 6) is 0. The highest BCUT2D eigenvalue weighted by Gasteiger charge is 2.19. The van der Waals surface area contributed by atoms with Crippen LogP contribution in [0.3, 0.4) is 0 Å². The van der Waals surface area contributed by atoms with Crippen LogP contribution in [-0.2, 0) is 4.12 Å². The summed E-state index contributed by atoms with van der Waals surface area (Å²) in [4.78, 5) is 0. The molecule has 0 saturated carbocycles. The minimum atomic E-state index is -1.18. The predicted octanol–water partition coefficient (Wildman–Crippen LogP) is 3.87. The topological polar surface area (TPSA) is 9.23 Å². The summed E-state index contributed by atoms with van der Waals surface area (Å²) in [6, 6.07) is 1.25. The van der Waals surface area contributed by atoms with E-state index < -0.39 is 17.4 Å². The molecule has 0 fully saturated rings. The molecule has 0 aromatic carbocycles. The lowest BCUT2D eigenvalue weighted by Gasteiger charge is -2.23. The number of hydrogen-bond acceptors (Lipinski definition) is 1. The molecule has 0 radical (unpaired) electrons. The molecular formula is C9H28OSi2. The summed E-state index contributed by atoms with van der Waals surface area (Å²) in [5, 5.41) is 0. The smallest absolute Gasteiger partial charge is 0.172 e. The van der Waals surface area contributed by atoms with Crippen molar-refractivity contribution in [1.29, 1.82) is 0 Å². The van der Waals surface area contributed by atoms with Gasteiger partial charge in [-0.1, -0.05) is 28.2 Å². The largest absolute Gasteiger partial charge is 0.458 e. The van der Waals surface area contributed by atoms with E-state index in [4.69, 9.17) is 4.12 Å². The second-order valence-electron chi connectivity index (χ2n) is 3.28.